The number of nitrogens with zero attached hydrogens (tertiary/aromatic N) is 2. The van der Waals surface area contributed by atoms with Gasteiger partial charge in [-0.15, -0.1) is 0 Å². The van der Waals surface area contributed by atoms with E-state index in [1.165, 1.54) is 0 Å². The summed E-state index contributed by atoms with van der Waals surface area (Å²) < 4.78 is 7.01. The van der Waals surface area contributed by atoms with Gasteiger partial charge < -0.3 is 10.2 Å². The second-order valence-corrected chi connectivity index (χ2v) is 4.09. The quantitative estimate of drug-likeness (QED) is 0.747. The summed E-state index contributed by atoms with van der Waals surface area (Å²) in [6.45, 7) is 1.91. The van der Waals surface area contributed by atoms with Crippen molar-refractivity contribution in [3.63, 3.8) is 0 Å². The second-order valence-electron chi connectivity index (χ2n) is 4.09. The Hall–Kier alpha value is -2.49. The Morgan fingerprint density at radius 3 is 2.61 bits per heavy atom. The lowest BCUT2D eigenvalue weighted by Gasteiger charge is -2.02. The minimum atomic E-state index is 0.608. The van der Waals surface area contributed by atoms with E-state index in [0.29, 0.717) is 5.82 Å². The largest absolute Gasteiger partial charge is 0.469 e. The molecule has 0 spiro atoms. The van der Waals surface area contributed by atoms with Crippen molar-refractivity contribution in [2.75, 3.05) is 5.73 Å². The smallest absolute Gasteiger partial charge is 0.127 e. The minimum absolute atomic E-state index is 0.608. The molecule has 1 aromatic carbocycles. The van der Waals surface area contributed by atoms with Crippen LogP contribution in [-0.4, -0.2) is 9.78 Å². The van der Waals surface area contributed by atoms with Crippen LogP contribution in [-0.2, 0) is 0 Å². The van der Waals surface area contributed by atoms with Gasteiger partial charge >= 0.3 is 0 Å². The zero-order chi connectivity index (χ0) is 12.5. The Bertz CT molecular complexity index is 667. The number of aryl methyl sites for hydroxylation is 1. The van der Waals surface area contributed by atoms with Crippen LogP contribution in [0.5, 0.6) is 0 Å². The van der Waals surface area contributed by atoms with E-state index in [9.17, 15) is 0 Å². The predicted molar refractivity (Wildman–Crippen MR) is 70.4 cm³/mol. The number of nitrogen functional groups attached to an aromatic ring is 1. The maximum atomic E-state index is 6.00. The maximum Gasteiger partial charge on any atom is 0.127 e. The Labute approximate surface area is 105 Å². The highest BCUT2D eigenvalue weighted by molar-refractivity contribution is 5.65. The summed E-state index contributed by atoms with van der Waals surface area (Å²) in [7, 11) is 0. The highest BCUT2D eigenvalue weighted by Gasteiger charge is 2.11. The molecular weight excluding hydrogens is 226 g/mol. The van der Waals surface area contributed by atoms with Crippen molar-refractivity contribution in [1.82, 2.24) is 9.78 Å². The van der Waals surface area contributed by atoms with E-state index in [0.717, 1.165) is 22.7 Å². The van der Waals surface area contributed by atoms with E-state index in [2.05, 4.69) is 5.10 Å². The Balaban J connectivity index is 2.10. The van der Waals surface area contributed by atoms with E-state index in [-0.39, 0.29) is 0 Å². The van der Waals surface area contributed by atoms with Gasteiger partial charge in [-0.1, -0.05) is 18.2 Å². The molecule has 0 amide bonds. The van der Waals surface area contributed by atoms with Crippen LogP contribution in [0.2, 0.25) is 0 Å². The lowest BCUT2D eigenvalue weighted by molar-refractivity contribution is 0.535. The van der Waals surface area contributed by atoms with Crippen molar-refractivity contribution in [1.29, 1.82) is 0 Å². The Kier molecular flexibility index (Phi) is 2.41. The molecule has 18 heavy (non-hydrogen) atoms. The number of aromatic nitrogens is 2. The maximum absolute atomic E-state index is 6.00. The molecule has 0 saturated carbocycles. The van der Waals surface area contributed by atoms with Gasteiger partial charge in [0, 0.05) is 11.6 Å². The lowest BCUT2D eigenvalue weighted by Crippen LogP contribution is -2.01. The van der Waals surface area contributed by atoms with Crippen LogP contribution in [0.15, 0.2) is 53.1 Å². The van der Waals surface area contributed by atoms with Gasteiger partial charge in [0.05, 0.1) is 17.6 Å². The number of para-hydroxylation sites is 1. The average molecular weight is 239 g/mol. The molecule has 0 aliphatic carbocycles. The molecule has 3 rings (SSSR count). The molecule has 90 valence electrons. The molecule has 2 aromatic heterocycles. The van der Waals surface area contributed by atoms with Crippen molar-refractivity contribution >= 4 is 5.82 Å². The lowest BCUT2D eigenvalue weighted by atomic mass is 10.2. The first-order chi connectivity index (χ1) is 8.75. The van der Waals surface area contributed by atoms with Crippen molar-refractivity contribution in [3.8, 4) is 16.9 Å². The minimum Gasteiger partial charge on any atom is -0.469 e. The van der Waals surface area contributed by atoms with Crippen LogP contribution in [0, 0.1) is 6.92 Å². The summed E-state index contributed by atoms with van der Waals surface area (Å²) in [5.41, 5.74) is 8.74. The normalized spacial score (nSPS) is 10.7. The summed E-state index contributed by atoms with van der Waals surface area (Å²) in [5.74, 6) is 1.45. The second kappa shape index (κ2) is 4.07. The molecule has 0 radical (unpaired) electrons. The van der Waals surface area contributed by atoms with Crippen molar-refractivity contribution < 1.29 is 4.42 Å². The molecular formula is C14H13N3O. The molecule has 0 aliphatic rings. The van der Waals surface area contributed by atoms with Crippen molar-refractivity contribution in [2.45, 2.75) is 6.92 Å². The van der Waals surface area contributed by atoms with Gasteiger partial charge in [0.15, 0.2) is 0 Å². The van der Waals surface area contributed by atoms with Gasteiger partial charge in [-0.05, 0) is 25.1 Å². The van der Waals surface area contributed by atoms with Gasteiger partial charge in [-0.3, -0.25) is 0 Å². The van der Waals surface area contributed by atoms with Crippen LogP contribution in [0.1, 0.15) is 5.76 Å². The number of hydrogen-bond acceptors (Lipinski definition) is 3. The molecule has 3 aromatic rings. The molecule has 2 N–H and O–H groups in total. The first-order valence-corrected chi connectivity index (χ1v) is 5.71. The van der Waals surface area contributed by atoms with E-state index < -0.39 is 0 Å². The molecule has 2 heterocycles. The van der Waals surface area contributed by atoms with Crippen LogP contribution in [0.4, 0.5) is 5.82 Å². The van der Waals surface area contributed by atoms with Crippen LogP contribution in [0.3, 0.4) is 0 Å². The zero-order valence-electron chi connectivity index (χ0n) is 10.00. The molecule has 4 heteroatoms. The summed E-state index contributed by atoms with van der Waals surface area (Å²) in [4.78, 5) is 0. The monoisotopic (exact) mass is 239 g/mol. The number of benzene rings is 1. The van der Waals surface area contributed by atoms with Crippen molar-refractivity contribution in [2.24, 2.45) is 0 Å². The van der Waals surface area contributed by atoms with Gasteiger partial charge in [0.2, 0.25) is 0 Å². The average Bonchev–Trinajstić information content (AvgIpc) is 2.96. The summed E-state index contributed by atoms with van der Waals surface area (Å²) >= 11 is 0. The molecule has 0 aliphatic heterocycles. The zero-order valence-corrected chi connectivity index (χ0v) is 10.00. The molecule has 0 bridgehead atoms. The Morgan fingerprint density at radius 1 is 1.17 bits per heavy atom. The molecule has 0 fully saturated rings. The number of nitrogens with two attached hydrogens (primary N) is 1. The Morgan fingerprint density at radius 2 is 1.94 bits per heavy atom. The molecule has 0 saturated heterocycles. The topological polar surface area (TPSA) is 57.0 Å². The van der Waals surface area contributed by atoms with Gasteiger partial charge in [-0.2, -0.15) is 5.10 Å². The van der Waals surface area contributed by atoms with Gasteiger partial charge in [-0.25, -0.2) is 4.68 Å². The predicted octanol–water partition coefficient (Wildman–Crippen LogP) is 3.02. The fourth-order valence-electron chi connectivity index (χ4n) is 1.95. The summed E-state index contributed by atoms with van der Waals surface area (Å²) in [6, 6.07) is 13.6. The third-order valence-electron chi connectivity index (χ3n) is 2.87. The van der Waals surface area contributed by atoms with Gasteiger partial charge in [0.1, 0.15) is 11.6 Å². The number of rotatable bonds is 2. The van der Waals surface area contributed by atoms with Crippen molar-refractivity contribution in [3.05, 3.63) is 54.5 Å². The fraction of sp³-hybridized carbons (Fsp3) is 0.0714. The third-order valence-corrected chi connectivity index (χ3v) is 2.87. The number of furan rings is 1. The SMILES string of the molecule is Cc1occc1-c1cc(N)n(-c2ccccc2)n1. The first kappa shape index (κ1) is 10.7. The summed E-state index contributed by atoms with van der Waals surface area (Å²) in [5, 5.41) is 4.51. The van der Waals surface area contributed by atoms with Crippen LogP contribution in [0.25, 0.3) is 16.9 Å². The van der Waals surface area contributed by atoms with E-state index >= 15 is 0 Å². The fourth-order valence-corrected chi connectivity index (χ4v) is 1.95. The molecule has 4 nitrogen and oxygen atoms in total. The number of anilines is 1. The van der Waals surface area contributed by atoms with Crippen LogP contribution >= 0.6 is 0 Å². The summed E-state index contributed by atoms with van der Waals surface area (Å²) in [6.07, 6.45) is 1.66. The highest BCUT2D eigenvalue weighted by atomic mass is 16.3. The molecule has 0 atom stereocenters. The van der Waals surface area contributed by atoms with E-state index in [4.69, 9.17) is 10.2 Å². The molecule has 0 unspecified atom stereocenters. The van der Waals surface area contributed by atoms with Crippen LogP contribution < -0.4 is 5.73 Å². The third kappa shape index (κ3) is 1.68. The first-order valence-electron chi connectivity index (χ1n) is 5.71. The highest BCUT2D eigenvalue weighted by Crippen LogP contribution is 2.26. The number of hydrogen-bond donors (Lipinski definition) is 1. The van der Waals surface area contributed by atoms with Gasteiger partial charge in [0.25, 0.3) is 0 Å². The van der Waals surface area contributed by atoms with E-state index in [1.54, 1.807) is 10.9 Å². The van der Waals surface area contributed by atoms with E-state index in [1.807, 2.05) is 49.4 Å². The standard InChI is InChI=1S/C14H13N3O/c1-10-12(7-8-18-10)13-9-14(15)17(16-13)11-5-3-2-4-6-11/h2-9H,15H2,1H3.